The first-order chi connectivity index (χ1) is 16.7. The fourth-order valence-corrected chi connectivity index (χ4v) is 4.39. The Bertz CT molecular complexity index is 1150. The molecule has 0 spiro atoms. The van der Waals surface area contributed by atoms with E-state index in [9.17, 15) is 9.90 Å². The van der Waals surface area contributed by atoms with E-state index in [1.807, 2.05) is 19.1 Å². The molecule has 1 N–H and O–H groups in total. The number of carboxylic acids is 1. The topological polar surface area (TPSA) is 49.8 Å². The molecule has 2 rings (SSSR count). The number of hydrogen-bond acceptors (Lipinski definition) is 3. The fourth-order valence-electron chi connectivity index (χ4n) is 4.39. The SMILES string of the molecule is C=C(/C=C\C(=C/C)N1/C=C(C)/C(=C/CC)CC(=C(\CC)OC)/C=C(\C)c2c(C)cccc21)C(=O)O. The van der Waals surface area contributed by atoms with Gasteiger partial charge < -0.3 is 14.7 Å². The summed E-state index contributed by atoms with van der Waals surface area (Å²) in [5.74, 6) is -0.0345. The zero-order valence-corrected chi connectivity index (χ0v) is 22.2. The lowest BCUT2D eigenvalue weighted by Gasteiger charge is -2.29. The number of carboxylic acid groups (broad SMARTS) is 1. The van der Waals surface area contributed by atoms with Crippen LogP contribution in [0.4, 0.5) is 5.69 Å². The molecule has 4 heteroatoms. The largest absolute Gasteiger partial charge is 0.501 e. The van der Waals surface area contributed by atoms with Crippen LogP contribution in [0.1, 0.15) is 65.0 Å². The van der Waals surface area contributed by atoms with Crippen LogP contribution in [0.25, 0.3) is 5.57 Å². The number of benzene rings is 1. The monoisotopic (exact) mass is 473 g/mol. The van der Waals surface area contributed by atoms with Gasteiger partial charge in [0.1, 0.15) is 0 Å². The molecule has 0 saturated heterocycles. The Labute approximate surface area is 211 Å². The first kappa shape index (κ1) is 27.7. The molecule has 4 nitrogen and oxygen atoms in total. The summed E-state index contributed by atoms with van der Waals surface area (Å²) in [6, 6.07) is 6.29. The van der Waals surface area contributed by atoms with Crippen molar-refractivity contribution in [3.63, 3.8) is 0 Å². The Hall–Kier alpha value is -3.53. The molecule has 0 unspecified atom stereocenters. The number of nitrogens with zero attached hydrogens (tertiary/aromatic N) is 1. The van der Waals surface area contributed by atoms with Gasteiger partial charge in [-0.15, -0.1) is 0 Å². The van der Waals surface area contributed by atoms with E-state index >= 15 is 0 Å². The maximum Gasteiger partial charge on any atom is 0.335 e. The summed E-state index contributed by atoms with van der Waals surface area (Å²) in [4.78, 5) is 13.5. The third kappa shape index (κ3) is 6.75. The smallest absolute Gasteiger partial charge is 0.335 e. The van der Waals surface area contributed by atoms with Gasteiger partial charge in [0, 0.05) is 30.3 Å². The summed E-state index contributed by atoms with van der Waals surface area (Å²) < 4.78 is 5.79. The maximum absolute atomic E-state index is 11.3. The molecule has 0 aliphatic carbocycles. The highest BCUT2D eigenvalue weighted by Gasteiger charge is 2.19. The standard InChI is InChI=1S/C31H39NO3/c1-9-13-25-19-26(29(11-3)35-8)18-23(6)30-21(4)14-12-15-28(30)32(20-24(25)7)27(10-2)17-16-22(5)31(33)34/h10,12-18,20H,5,9,11,19H2,1-4,6-8H3,(H,33,34)/b17-16-,23-18+,24-20+,25-13+,27-10+,29-26+. The molecule has 0 radical (unpaired) electrons. The van der Waals surface area contributed by atoms with E-state index in [2.05, 4.69) is 82.6 Å². The zero-order chi connectivity index (χ0) is 26.1. The molecule has 0 atom stereocenters. The quantitative estimate of drug-likeness (QED) is 0.246. The minimum Gasteiger partial charge on any atom is -0.501 e. The maximum atomic E-state index is 11.3. The van der Waals surface area contributed by atoms with Crippen molar-refractivity contribution in [2.24, 2.45) is 0 Å². The van der Waals surface area contributed by atoms with Crippen molar-refractivity contribution in [2.75, 3.05) is 12.0 Å². The summed E-state index contributed by atoms with van der Waals surface area (Å²) in [5.41, 5.74) is 8.97. The van der Waals surface area contributed by atoms with Crippen LogP contribution in [-0.4, -0.2) is 18.2 Å². The van der Waals surface area contributed by atoms with E-state index in [1.165, 1.54) is 16.7 Å². The average Bonchev–Trinajstić information content (AvgIpc) is 2.82. The van der Waals surface area contributed by atoms with Crippen molar-refractivity contribution in [3.05, 3.63) is 106 Å². The van der Waals surface area contributed by atoms with Crippen LogP contribution in [0.2, 0.25) is 0 Å². The van der Waals surface area contributed by atoms with Gasteiger partial charge >= 0.3 is 5.97 Å². The first-order valence-corrected chi connectivity index (χ1v) is 12.2. The zero-order valence-electron chi connectivity index (χ0n) is 22.2. The Kier molecular flexibility index (Phi) is 10.1. The lowest BCUT2D eigenvalue weighted by Crippen LogP contribution is -2.18. The summed E-state index contributed by atoms with van der Waals surface area (Å²) >= 11 is 0. The van der Waals surface area contributed by atoms with Crippen LogP contribution in [0.15, 0.2) is 95.1 Å². The number of hydrogen-bond donors (Lipinski definition) is 1. The lowest BCUT2D eigenvalue weighted by atomic mass is 9.91. The van der Waals surface area contributed by atoms with Crippen LogP contribution >= 0.6 is 0 Å². The Morgan fingerprint density at radius 3 is 2.46 bits per heavy atom. The summed E-state index contributed by atoms with van der Waals surface area (Å²) in [5, 5.41) is 9.28. The molecule has 35 heavy (non-hydrogen) atoms. The third-order valence-electron chi connectivity index (χ3n) is 6.19. The van der Waals surface area contributed by atoms with Crippen LogP contribution in [-0.2, 0) is 9.53 Å². The molecule has 0 fully saturated rings. The van der Waals surface area contributed by atoms with E-state index in [-0.39, 0.29) is 5.57 Å². The Morgan fingerprint density at radius 2 is 1.89 bits per heavy atom. The molecular weight excluding hydrogens is 434 g/mol. The van der Waals surface area contributed by atoms with E-state index < -0.39 is 5.97 Å². The lowest BCUT2D eigenvalue weighted by molar-refractivity contribution is -0.132. The van der Waals surface area contributed by atoms with E-state index in [0.717, 1.165) is 53.1 Å². The van der Waals surface area contributed by atoms with E-state index in [1.54, 1.807) is 13.2 Å². The molecule has 0 bridgehead atoms. The molecule has 1 heterocycles. The minimum absolute atomic E-state index is 0.0414. The number of methoxy groups -OCH3 is 1. The highest BCUT2D eigenvalue weighted by atomic mass is 16.5. The second-order valence-corrected chi connectivity index (χ2v) is 8.68. The van der Waals surface area contributed by atoms with Crippen molar-refractivity contribution in [1.82, 2.24) is 0 Å². The summed E-state index contributed by atoms with van der Waals surface area (Å²) in [6.45, 7) is 16.3. The minimum atomic E-state index is -1.03. The number of aryl methyl sites for hydroxylation is 1. The van der Waals surface area contributed by atoms with Crippen molar-refractivity contribution >= 4 is 17.2 Å². The van der Waals surface area contributed by atoms with Crippen molar-refractivity contribution in [2.45, 2.75) is 60.8 Å². The fraction of sp³-hybridized carbons (Fsp3) is 0.323. The summed E-state index contributed by atoms with van der Waals surface area (Å²) in [7, 11) is 1.75. The van der Waals surface area contributed by atoms with Gasteiger partial charge in [-0.25, -0.2) is 4.79 Å². The van der Waals surface area contributed by atoms with Gasteiger partial charge in [0.2, 0.25) is 0 Å². The Morgan fingerprint density at radius 1 is 1.17 bits per heavy atom. The predicted octanol–water partition coefficient (Wildman–Crippen LogP) is 8.26. The molecule has 0 saturated carbocycles. The molecule has 186 valence electrons. The third-order valence-corrected chi connectivity index (χ3v) is 6.19. The average molecular weight is 474 g/mol. The number of anilines is 1. The Balaban J connectivity index is 2.91. The number of ether oxygens (including phenoxy) is 1. The van der Waals surface area contributed by atoms with Crippen molar-refractivity contribution in [1.29, 1.82) is 0 Å². The molecule has 1 aliphatic rings. The predicted molar refractivity (Wildman–Crippen MR) is 148 cm³/mol. The second kappa shape index (κ2) is 12.8. The van der Waals surface area contributed by atoms with Gasteiger partial charge in [0.05, 0.1) is 24.1 Å². The summed E-state index contributed by atoms with van der Waals surface area (Å²) in [6.07, 6.45) is 14.5. The van der Waals surface area contributed by atoms with Gasteiger partial charge in [0.15, 0.2) is 0 Å². The number of fused-ring (bicyclic) bond motifs is 1. The number of allylic oxidation sites excluding steroid dienone is 9. The second-order valence-electron chi connectivity index (χ2n) is 8.68. The van der Waals surface area contributed by atoms with Crippen molar-refractivity contribution in [3.8, 4) is 0 Å². The highest BCUT2D eigenvalue weighted by Crippen LogP contribution is 2.37. The van der Waals surface area contributed by atoms with Gasteiger partial charge in [-0.3, -0.25) is 0 Å². The van der Waals surface area contributed by atoms with Gasteiger partial charge in [0.25, 0.3) is 0 Å². The van der Waals surface area contributed by atoms with Crippen molar-refractivity contribution < 1.29 is 14.6 Å². The molecule has 0 aromatic heterocycles. The highest BCUT2D eigenvalue weighted by molar-refractivity contribution is 5.89. The number of rotatable bonds is 7. The number of carbonyl (C=O) groups is 1. The number of aliphatic carboxylic acids is 1. The van der Waals surface area contributed by atoms with Crippen LogP contribution in [0, 0.1) is 6.92 Å². The molecule has 0 amide bonds. The van der Waals surface area contributed by atoms with E-state index in [4.69, 9.17) is 4.74 Å². The molecule has 1 aliphatic heterocycles. The molecule has 1 aromatic carbocycles. The van der Waals surface area contributed by atoms with Gasteiger partial charge in [-0.2, -0.15) is 0 Å². The molecule has 1 aromatic rings. The molecular formula is C31H39NO3. The van der Waals surface area contributed by atoms with Gasteiger partial charge in [-0.05, 0) is 80.2 Å². The van der Waals surface area contributed by atoms with Crippen LogP contribution in [0.3, 0.4) is 0 Å². The van der Waals surface area contributed by atoms with Gasteiger partial charge in [-0.1, -0.05) is 50.8 Å². The van der Waals surface area contributed by atoms with Crippen LogP contribution < -0.4 is 4.90 Å². The normalized spacial score (nSPS) is 20.6. The first-order valence-electron chi connectivity index (χ1n) is 12.2. The van der Waals surface area contributed by atoms with E-state index in [0.29, 0.717) is 0 Å². The van der Waals surface area contributed by atoms with Crippen LogP contribution in [0.5, 0.6) is 0 Å².